The first-order chi connectivity index (χ1) is 16.3. The molecule has 2 fully saturated rings. The van der Waals surface area contributed by atoms with Crippen LogP contribution < -0.4 is 5.32 Å². The number of nitriles is 1. The SMILES string of the molecule is N#CC[C@H]1CC[C@H](n2c(CN/C(CC3CCCCC3)=N/O)nc3cnc4[nH]ccc4c32)CC1. The van der Waals surface area contributed by atoms with Crippen LogP contribution in [0.1, 0.15) is 82.5 Å². The predicted octanol–water partition coefficient (Wildman–Crippen LogP) is 5.41. The third-order valence-corrected chi connectivity index (χ3v) is 7.65. The molecule has 0 radical (unpaired) electrons. The van der Waals surface area contributed by atoms with E-state index in [1.165, 1.54) is 32.1 Å². The second-order valence-corrected chi connectivity index (χ2v) is 9.78. The van der Waals surface area contributed by atoms with E-state index in [9.17, 15) is 5.21 Å². The van der Waals surface area contributed by atoms with Crippen molar-refractivity contribution in [3.8, 4) is 6.07 Å². The van der Waals surface area contributed by atoms with E-state index in [4.69, 9.17) is 10.2 Å². The Hall–Kier alpha value is -3.08. The number of aromatic amines is 1. The number of pyridine rings is 1. The molecule has 0 saturated heterocycles. The van der Waals surface area contributed by atoms with Crippen molar-refractivity contribution in [2.45, 2.75) is 83.2 Å². The third kappa shape index (κ3) is 4.54. The Morgan fingerprint density at radius 1 is 1.18 bits per heavy atom. The van der Waals surface area contributed by atoms with E-state index in [2.05, 4.69) is 37.1 Å². The summed E-state index contributed by atoms with van der Waals surface area (Å²) in [5.74, 6) is 2.70. The summed E-state index contributed by atoms with van der Waals surface area (Å²) in [7, 11) is 0. The summed E-state index contributed by atoms with van der Waals surface area (Å²) < 4.78 is 2.39. The summed E-state index contributed by atoms with van der Waals surface area (Å²) in [5.41, 5.74) is 2.89. The number of oxime groups is 1. The molecule has 2 aliphatic carbocycles. The molecule has 3 aromatic rings. The van der Waals surface area contributed by atoms with Gasteiger partial charge in [0.15, 0.2) is 0 Å². The maximum absolute atomic E-state index is 9.64. The quantitative estimate of drug-likeness (QED) is 0.202. The summed E-state index contributed by atoms with van der Waals surface area (Å²) >= 11 is 0. The number of hydrogen-bond donors (Lipinski definition) is 3. The van der Waals surface area contributed by atoms with Crippen LogP contribution in [0.25, 0.3) is 22.1 Å². The highest BCUT2D eigenvalue weighted by molar-refractivity contribution is 6.01. The lowest BCUT2D eigenvalue weighted by atomic mass is 9.84. The largest absolute Gasteiger partial charge is 0.409 e. The van der Waals surface area contributed by atoms with Crippen LogP contribution in [0.5, 0.6) is 0 Å². The summed E-state index contributed by atoms with van der Waals surface area (Å²) in [6, 6.07) is 4.76. The minimum absolute atomic E-state index is 0.343. The third-order valence-electron chi connectivity index (χ3n) is 7.65. The topological polar surface area (TPSA) is 115 Å². The number of amidine groups is 1. The van der Waals surface area contributed by atoms with Crippen molar-refractivity contribution in [2.24, 2.45) is 17.0 Å². The Bertz CT molecular complexity index is 1160. The zero-order valence-electron chi connectivity index (χ0n) is 19.1. The van der Waals surface area contributed by atoms with Gasteiger partial charge in [-0.25, -0.2) is 9.97 Å². The van der Waals surface area contributed by atoms with Gasteiger partial charge < -0.3 is 20.1 Å². The second kappa shape index (κ2) is 9.82. The molecule has 2 saturated carbocycles. The molecule has 33 heavy (non-hydrogen) atoms. The minimum atomic E-state index is 0.343. The number of nitrogens with zero attached hydrogens (tertiary/aromatic N) is 5. The Kier molecular flexibility index (Phi) is 6.47. The summed E-state index contributed by atoms with van der Waals surface area (Å²) in [6.45, 7) is 0.519. The number of hydrogen-bond acceptors (Lipinski definition) is 5. The monoisotopic (exact) mass is 447 g/mol. The lowest BCUT2D eigenvalue weighted by Crippen LogP contribution is -2.29. The van der Waals surface area contributed by atoms with Crippen molar-refractivity contribution in [3.05, 3.63) is 24.3 Å². The van der Waals surface area contributed by atoms with Crippen LogP contribution in [-0.2, 0) is 6.54 Å². The van der Waals surface area contributed by atoms with Gasteiger partial charge in [-0.1, -0.05) is 37.3 Å². The number of rotatable bonds is 6. The van der Waals surface area contributed by atoms with Crippen molar-refractivity contribution >= 4 is 27.9 Å². The fourth-order valence-electron chi connectivity index (χ4n) is 5.89. The number of aromatic nitrogens is 4. The van der Waals surface area contributed by atoms with Crippen LogP contribution in [0.15, 0.2) is 23.6 Å². The van der Waals surface area contributed by atoms with Gasteiger partial charge in [0.05, 0.1) is 24.3 Å². The van der Waals surface area contributed by atoms with E-state index in [-0.39, 0.29) is 0 Å². The lowest BCUT2D eigenvalue weighted by Gasteiger charge is -2.30. The van der Waals surface area contributed by atoms with Crippen LogP contribution in [0.3, 0.4) is 0 Å². The molecule has 3 N–H and O–H groups in total. The molecule has 3 aromatic heterocycles. The fourth-order valence-corrected chi connectivity index (χ4v) is 5.89. The van der Waals surface area contributed by atoms with Crippen LogP contribution in [0.4, 0.5) is 0 Å². The van der Waals surface area contributed by atoms with E-state index < -0.39 is 0 Å². The van der Waals surface area contributed by atoms with Crippen LogP contribution in [0.2, 0.25) is 0 Å². The standard InChI is InChI=1S/C25H33N7O/c26-12-10-17-6-8-19(9-7-17)32-23(16-28-22(31-33)14-18-4-2-1-3-5-18)30-21-15-29-25-20(24(21)32)11-13-27-25/h11,13,15,17-19,33H,1-10,14,16H2,(H,27,29)(H,28,31)/t17-,19-. The molecule has 0 unspecified atom stereocenters. The highest BCUT2D eigenvalue weighted by Crippen LogP contribution is 2.38. The van der Waals surface area contributed by atoms with Gasteiger partial charge in [-0.3, -0.25) is 0 Å². The average Bonchev–Trinajstić information content (AvgIpc) is 3.47. The van der Waals surface area contributed by atoms with E-state index in [1.54, 1.807) is 0 Å². The molecular weight excluding hydrogens is 414 g/mol. The van der Waals surface area contributed by atoms with Crippen molar-refractivity contribution < 1.29 is 5.21 Å². The molecule has 0 aliphatic heterocycles. The van der Waals surface area contributed by atoms with E-state index in [1.807, 2.05) is 12.4 Å². The first-order valence-electron chi connectivity index (χ1n) is 12.4. The average molecular weight is 448 g/mol. The summed E-state index contributed by atoms with van der Waals surface area (Å²) in [4.78, 5) is 12.7. The highest BCUT2D eigenvalue weighted by atomic mass is 16.4. The lowest BCUT2D eigenvalue weighted by molar-refractivity contribution is 0.277. The van der Waals surface area contributed by atoms with Gasteiger partial charge in [-0.05, 0) is 43.6 Å². The Morgan fingerprint density at radius 3 is 2.76 bits per heavy atom. The van der Waals surface area contributed by atoms with E-state index in [0.29, 0.717) is 36.7 Å². The van der Waals surface area contributed by atoms with Gasteiger partial charge in [0.25, 0.3) is 0 Å². The Balaban J connectivity index is 1.41. The Morgan fingerprint density at radius 2 is 2.00 bits per heavy atom. The Labute approximate surface area is 194 Å². The van der Waals surface area contributed by atoms with Crippen molar-refractivity contribution in [3.63, 3.8) is 0 Å². The molecular formula is C25H33N7O. The maximum Gasteiger partial charge on any atom is 0.142 e. The van der Waals surface area contributed by atoms with Gasteiger partial charge in [0.2, 0.25) is 0 Å². The molecule has 8 nitrogen and oxygen atoms in total. The number of fused-ring (bicyclic) bond motifs is 3. The second-order valence-electron chi connectivity index (χ2n) is 9.78. The van der Waals surface area contributed by atoms with Crippen LogP contribution >= 0.6 is 0 Å². The molecule has 0 spiro atoms. The minimum Gasteiger partial charge on any atom is -0.409 e. The highest BCUT2D eigenvalue weighted by Gasteiger charge is 2.27. The van der Waals surface area contributed by atoms with Gasteiger partial charge in [-0.15, -0.1) is 0 Å². The molecule has 3 heterocycles. The van der Waals surface area contributed by atoms with Gasteiger partial charge in [-0.2, -0.15) is 5.26 Å². The maximum atomic E-state index is 9.64. The molecule has 5 rings (SSSR count). The number of imidazole rings is 1. The molecule has 0 bridgehead atoms. The molecule has 0 amide bonds. The normalized spacial score (nSPS) is 22.6. The summed E-state index contributed by atoms with van der Waals surface area (Å²) in [5, 5.41) is 26.8. The van der Waals surface area contributed by atoms with Crippen molar-refractivity contribution in [2.75, 3.05) is 0 Å². The predicted molar refractivity (Wildman–Crippen MR) is 128 cm³/mol. The first kappa shape index (κ1) is 21.7. The van der Waals surface area contributed by atoms with Crippen molar-refractivity contribution in [1.82, 2.24) is 24.8 Å². The zero-order chi connectivity index (χ0) is 22.6. The van der Waals surface area contributed by atoms with Gasteiger partial charge >= 0.3 is 0 Å². The molecule has 8 heteroatoms. The van der Waals surface area contributed by atoms with E-state index >= 15 is 0 Å². The molecule has 174 valence electrons. The van der Waals surface area contributed by atoms with E-state index in [0.717, 1.165) is 60.0 Å². The zero-order valence-corrected chi connectivity index (χ0v) is 19.1. The molecule has 0 aromatic carbocycles. The van der Waals surface area contributed by atoms with Gasteiger partial charge in [0, 0.05) is 30.5 Å². The number of H-pyrrole nitrogens is 1. The fraction of sp³-hybridized carbons (Fsp3) is 0.600. The first-order valence-corrected chi connectivity index (χ1v) is 12.4. The summed E-state index contributed by atoms with van der Waals surface area (Å²) in [6.07, 6.45) is 15.7. The molecule has 0 atom stereocenters. The smallest absolute Gasteiger partial charge is 0.142 e. The molecule has 2 aliphatic rings. The van der Waals surface area contributed by atoms with Crippen LogP contribution in [0, 0.1) is 23.2 Å². The van der Waals surface area contributed by atoms with Crippen LogP contribution in [-0.4, -0.2) is 30.6 Å². The van der Waals surface area contributed by atoms with Crippen molar-refractivity contribution in [1.29, 1.82) is 5.26 Å². The van der Waals surface area contributed by atoms with Gasteiger partial charge in [0.1, 0.15) is 22.8 Å². The number of nitrogens with one attached hydrogen (secondary N) is 2.